The smallest absolute Gasteiger partial charge is 0.375 e. The van der Waals surface area contributed by atoms with Crippen LogP contribution in [0.4, 0.5) is 19.3 Å². The topological polar surface area (TPSA) is 108 Å². The number of nitrogens with zero attached hydrogens (tertiary/aromatic N) is 2. The van der Waals surface area contributed by atoms with Crippen molar-refractivity contribution >= 4 is 44.7 Å². The average Bonchev–Trinajstić information content (AvgIpc) is 3.32. The van der Waals surface area contributed by atoms with E-state index in [1.165, 1.54) is 37.4 Å². The molecule has 1 aromatic heterocycles. The zero-order chi connectivity index (χ0) is 24.2. The number of ether oxygens (including phenoxy) is 1. The summed E-state index contributed by atoms with van der Waals surface area (Å²) in [4.78, 5) is 32.6. The minimum absolute atomic E-state index is 0.0849. The third kappa shape index (κ3) is 3.24. The van der Waals surface area contributed by atoms with E-state index in [4.69, 9.17) is 4.74 Å². The molecular formula is C23H15BrF2N4O4. The zero-order valence-corrected chi connectivity index (χ0v) is 19.0. The number of carbonyl (C=O) groups excluding carboxylic acids is 2. The Balaban J connectivity index is 1.72. The van der Waals surface area contributed by atoms with Crippen molar-refractivity contribution < 1.29 is 28.2 Å². The van der Waals surface area contributed by atoms with Crippen LogP contribution in [0.5, 0.6) is 6.01 Å². The molecule has 34 heavy (non-hydrogen) atoms. The maximum Gasteiger partial charge on any atom is 0.414 e. The third-order valence-electron chi connectivity index (χ3n) is 5.53. The minimum Gasteiger partial charge on any atom is -0.375 e. The van der Waals surface area contributed by atoms with Gasteiger partial charge in [0, 0.05) is 29.8 Å². The van der Waals surface area contributed by atoms with Crippen LogP contribution < -0.4 is 15.0 Å². The number of benzene rings is 3. The number of aromatic amines is 1. The van der Waals surface area contributed by atoms with Crippen molar-refractivity contribution in [3.05, 3.63) is 87.4 Å². The third-order valence-corrected chi connectivity index (χ3v) is 6.11. The van der Waals surface area contributed by atoms with Gasteiger partial charge in [-0.3, -0.25) is 9.69 Å². The second-order valence-corrected chi connectivity index (χ2v) is 8.35. The number of aromatic nitrogens is 2. The lowest BCUT2D eigenvalue weighted by Gasteiger charge is -2.35. The van der Waals surface area contributed by atoms with Gasteiger partial charge in [0.1, 0.15) is 5.82 Å². The standard InChI is InChI=1S/C23H15BrF2N4O4/c1-27-22(32)34-21-28-16-7-6-11(8-17(16)29-21)23(33)14-5-3-2-4-13(14)20(31)30(23)18-10-12(25)9-15(24)19(18)26/h2-10,33H,1H3,(H,27,32)(H,28,29). The molecule has 8 nitrogen and oxygen atoms in total. The summed E-state index contributed by atoms with van der Waals surface area (Å²) in [6.07, 6.45) is -0.730. The predicted octanol–water partition coefficient (Wildman–Crippen LogP) is 4.18. The quantitative estimate of drug-likeness (QED) is 0.346. The number of anilines is 1. The minimum atomic E-state index is -2.18. The molecule has 1 atom stereocenters. The van der Waals surface area contributed by atoms with Gasteiger partial charge in [0.15, 0.2) is 11.5 Å². The van der Waals surface area contributed by atoms with Gasteiger partial charge in [0.25, 0.3) is 5.91 Å². The Morgan fingerprint density at radius 3 is 2.74 bits per heavy atom. The van der Waals surface area contributed by atoms with Gasteiger partial charge >= 0.3 is 12.1 Å². The van der Waals surface area contributed by atoms with Crippen molar-refractivity contribution in [2.24, 2.45) is 0 Å². The molecule has 1 aliphatic heterocycles. The Hall–Kier alpha value is -3.83. The Morgan fingerprint density at radius 2 is 1.97 bits per heavy atom. The first-order valence-electron chi connectivity index (χ1n) is 9.95. The number of fused-ring (bicyclic) bond motifs is 2. The summed E-state index contributed by atoms with van der Waals surface area (Å²) in [5.41, 5.74) is -1.32. The van der Waals surface area contributed by atoms with Crippen LogP contribution in [0, 0.1) is 11.6 Å². The Kier molecular flexibility index (Phi) is 5.10. The first kappa shape index (κ1) is 22.0. The molecule has 2 heterocycles. The van der Waals surface area contributed by atoms with Crippen molar-refractivity contribution in [3.63, 3.8) is 0 Å². The normalized spacial score (nSPS) is 17.2. The highest BCUT2D eigenvalue weighted by atomic mass is 79.9. The lowest BCUT2D eigenvalue weighted by Crippen LogP contribution is -2.45. The molecule has 1 unspecified atom stereocenters. The number of imidazole rings is 1. The summed E-state index contributed by atoms with van der Waals surface area (Å²) in [6, 6.07) is 12.5. The van der Waals surface area contributed by atoms with Crippen LogP contribution >= 0.6 is 15.9 Å². The highest BCUT2D eigenvalue weighted by Crippen LogP contribution is 2.46. The zero-order valence-electron chi connectivity index (χ0n) is 17.4. The van der Waals surface area contributed by atoms with Gasteiger partial charge in [-0.1, -0.05) is 24.3 Å². The molecule has 5 rings (SSSR count). The molecular weight excluding hydrogens is 514 g/mol. The van der Waals surface area contributed by atoms with E-state index < -0.39 is 35.0 Å². The van der Waals surface area contributed by atoms with Crippen molar-refractivity contribution in [1.82, 2.24) is 15.3 Å². The number of amides is 2. The number of rotatable bonds is 3. The molecule has 0 saturated heterocycles. The summed E-state index contributed by atoms with van der Waals surface area (Å²) in [5.74, 6) is -2.41. The van der Waals surface area contributed by atoms with E-state index in [0.29, 0.717) is 11.0 Å². The monoisotopic (exact) mass is 528 g/mol. The molecule has 172 valence electrons. The fourth-order valence-electron chi connectivity index (χ4n) is 4.03. The molecule has 0 spiro atoms. The van der Waals surface area contributed by atoms with Gasteiger partial charge in [-0.2, -0.15) is 4.98 Å². The maximum atomic E-state index is 15.1. The summed E-state index contributed by atoms with van der Waals surface area (Å²) in [5, 5.41) is 14.3. The summed E-state index contributed by atoms with van der Waals surface area (Å²) in [6.45, 7) is 0. The van der Waals surface area contributed by atoms with Crippen LogP contribution in [0.25, 0.3) is 11.0 Å². The maximum absolute atomic E-state index is 15.1. The molecule has 4 aromatic rings. The molecule has 3 N–H and O–H groups in total. The summed E-state index contributed by atoms with van der Waals surface area (Å²) >= 11 is 2.96. The lowest BCUT2D eigenvalue weighted by atomic mass is 9.93. The molecule has 1 aliphatic rings. The average molecular weight is 529 g/mol. The number of carbonyl (C=O) groups is 2. The number of halogens is 3. The molecule has 0 aliphatic carbocycles. The first-order valence-corrected chi connectivity index (χ1v) is 10.7. The summed E-state index contributed by atoms with van der Waals surface area (Å²) in [7, 11) is 1.39. The van der Waals surface area contributed by atoms with E-state index >= 15 is 4.39 Å². The number of aliphatic hydroxyl groups is 1. The fourth-order valence-corrected chi connectivity index (χ4v) is 4.45. The second-order valence-electron chi connectivity index (χ2n) is 7.49. The van der Waals surface area contributed by atoms with Crippen LogP contribution in [0.2, 0.25) is 0 Å². The molecule has 0 radical (unpaired) electrons. The van der Waals surface area contributed by atoms with Crippen molar-refractivity contribution in [2.45, 2.75) is 5.72 Å². The van der Waals surface area contributed by atoms with Gasteiger partial charge in [0.05, 0.1) is 21.2 Å². The van der Waals surface area contributed by atoms with Crippen molar-refractivity contribution in [1.29, 1.82) is 0 Å². The molecule has 0 fully saturated rings. The van der Waals surface area contributed by atoms with Crippen molar-refractivity contribution in [2.75, 3.05) is 11.9 Å². The fraction of sp³-hybridized carbons (Fsp3) is 0.0870. The molecule has 0 saturated carbocycles. The number of hydrogen-bond acceptors (Lipinski definition) is 5. The van der Waals surface area contributed by atoms with E-state index in [9.17, 15) is 19.1 Å². The predicted molar refractivity (Wildman–Crippen MR) is 121 cm³/mol. The largest absolute Gasteiger partial charge is 0.414 e. The van der Waals surface area contributed by atoms with E-state index in [2.05, 4.69) is 31.2 Å². The van der Waals surface area contributed by atoms with Crippen molar-refractivity contribution in [3.8, 4) is 6.01 Å². The van der Waals surface area contributed by atoms with Gasteiger partial charge in [0.2, 0.25) is 0 Å². The second kappa shape index (κ2) is 7.89. The Bertz CT molecular complexity index is 1490. The van der Waals surface area contributed by atoms with E-state index in [1.54, 1.807) is 12.1 Å². The van der Waals surface area contributed by atoms with E-state index in [0.717, 1.165) is 17.0 Å². The molecule has 0 bridgehead atoms. The molecule has 3 aromatic carbocycles. The van der Waals surface area contributed by atoms with Gasteiger partial charge < -0.3 is 20.1 Å². The molecule has 11 heteroatoms. The van der Waals surface area contributed by atoms with Gasteiger partial charge in [-0.25, -0.2) is 13.6 Å². The van der Waals surface area contributed by atoms with Gasteiger partial charge in [-0.15, -0.1) is 0 Å². The SMILES string of the molecule is CNC(=O)Oc1nc2ccc(C3(O)c4ccccc4C(=O)N3c3cc(F)cc(Br)c3F)cc2[nH]1. The van der Waals surface area contributed by atoms with Crippen LogP contribution in [-0.4, -0.2) is 34.1 Å². The summed E-state index contributed by atoms with van der Waals surface area (Å²) < 4.78 is 34.2. The van der Waals surface area contributed by atoms with Crippen LogP contribution in [0.3, 0.4) is 0 Å². The highest BCUT2D eigenvalue weighted by molar-refractivity contribution is 9.10. The molecule has 2 amide bonds. The van der Waals surface area contributed by atoms with E-state index in [-0.39, 0.29) is 27.2 Å². The number of hydrogen-bond donors (Lipinski definition) is 3. The Morgan fingerprint density at radius 1 is 1.21 bits per heavy atom. The number of H-pyrrole nitrogens is 1. The number of nitrogens with one attached hydrogen (secondary N) is 2. The Labute approximate surface area is 199 Å². The lowest BCUT2D eigenvalue weighted by molar-refractivity contribution is 0.0698. The van der Waals surface area contributed by atoms with Gasteiger partial charge in [-0.05, 0) is 40.2 Å². The first-order chi connectivity index (χ1) is 16.2. The van der Waals surface area contributed by atoms with E-state index in [1.807, 2.05) is 0 Å². The van der Waals surface area contributed by atoms with Crippen LogP contribution in [0.15, 0.2) is 59.1 Å². The van der Waals surface area contributed by atoms with Crippen LogP contribution in [0.1, 0.15) is 21.5 Å². The highest BCUT2D eigenvalue weighted by Gasteiger charge is 2.51. The van der Waals surface area contributed by atoms with Crippen LogP contribution in [-0.2, 0) is 5.72 Å².